The Labute approximate surface area is 252 Å². The Kier molecular flexibility index (Phi) is 12.4. The molecule has 0 amide bonds. The zero-order valence-corrected chi connectivity index (χ0v) is 24.8. The number of nitrogens with zero attached hydrogens (tertiary/aromatic N) is 1. The molecule has 2 saturated carbocycles. The first-order valence-electron chi connectivity index (χ1n) is 14.3. The smallest absolute Gasteiger partial charge is 0.481 e. The van der Waals surface area contributed by atoms with Crippen molar-refractivity contribution in [1.29, 1.82) is 0 Å². The largest absolute Gasteiger partial charge is 0.490 e. The fourth-order valence-corrected chi connectivity index (χ4v) is 5.65. The van der Waals surface area contributed by atoms with Crippen LogP contribution in [-0.4, -0.2) is 82.2 Å². The number of likely N-dealkylation sites (tertiary alicyclic amines) is 1. The summed E-state index contributed by atoms with van der Waals surface area (Å²) < 4.78 is 63.5. The SMILES string of the molecule is CC/C(=C\c1ccccc1)[C@@H]1C[C@H]1NC1CC2(CCN(CC(C)(C)C(=O)O)CC2)C1.O=C(O)C(F)(F)F.O=C(O)C(F)(F)F. The summed E-state index contributed by atoms with van der Waals surface area (Å²) >= 11 is 0. The zero-order chi connectivity index (χ0) is 33.5. The standard InChI is InChI=1S/C26H38N2O2.2C2HF3O2/c1-4-20(14-19-8-6-5-7-9-19)22-15-23(22)27-21-16-26(17-21)10-12-28(13-11-26)18-25(2,3)24(29)30;2*3-2(4,5)1(6)7/h5-9,14,21-23,27H,4,10-13,15-18H2,1-3H3,(H,29,30);2*(H,6,7)/b20-14+;;/t22-,23+;;/m0../s1. The molecule has 3 aliphatic rings. The summed E-state index contributed by atoms with van der Waals surface area (Å²) in [5.74, 6) is -5.49. The van der Waals surface area contributed by atoms with Gasteiger partial charge in [0.25, 0.3) is 0 Å². The predicted molar refractivity (Wildman–Crippen MR) is 150 cm³/mol. The minimum Gasteiger partial charge on any atom is -0.481 e. The van der Waals surface area contributed by atoms with E-state index >= 15 is 0 Å². The summed E-state index contributed by atoms with van der Waals surface area (Å²) in [5, 5.41) is 27.6. The second-order valence-electron chi connectivity index (χ2n) is 12.3. The number of rotatable bonds is 8. The third kappa shape index (κ3) is 11.4. The van der Waals surface area contributed by atoms with E-state index in [4.69, 9.17) is 19.8 Å². The van der Waals surface area contributed by atoms with Crippen LogP contribution in [0.25, 0.3) is 6.08 Å². The molecule has 0 aromatic heterocycles. The van der Waals surface area contributed by atoms with E-state index in [1.54, 1.807) is 5.57 Å². The third-order valence-electron chi connectivity index (χ3n) is 8.23. The number of hydrogen-bond donors (Lipinski definition) is 4. The van der Waals surface area contributed by atoms with Crippen LogP contribution in [0.4, 0.5) is 26.3 Å². The maximum atomic E-state index is 11.4. The number of aliphatic carboxylic acids is 3. The van der Waals surface area contributed by atoms with Crippen LogP contribution in [0.15, 0.2) is 35.9 Å². The van der Waals surface area contributed by atoms with Gasteiger partial charge in [-0.1, -0.05) is 48.9 Å². The summed E-state index contributed by atoms with van der Waals surface area (Å²) in [7, 11) is 0. The van der Waals surface area contributed by atoms with Gasteiger partial charge in [-0.2, -0.15) is 26.3 Å². The summed E-state index contributed by atoms with van der Waals surface area (Å²) in [6.45, 7) is 8.72. The van der Waals surface area contributed by atoms with Crippen LogP contribution in [-0.2, 0) is 14.4 Å². The Bertz CT molecular complexity index is 1130. The lowest BCUT2D eigenvalue weighted by atomic mass is 9.60. The molecule has 1 aliphatic heterocycles. The second kappa shape index (κ2) is 14.8. The molecular formula is C30H40F6N2O6. The number of carbonyl (C=O) groups is 3. The summed E-state index contributed by atoms with van der Waals surface area (Å²) in [4.78, 5) is 31.6. The third-order valence-corrected chi connectivity index (χ3v) is 8.23. The van der Waals surface area contributed by atoms with Crippen molar-refractivity contribution in [1.82, 2.24) is 10.2 Å². The number of hydrogen-bond acceptors (Lipinski definition) is 5. The number of piperidine rings is 1. The molecule has 0 radical (unpaired) electrons. The maximum absolute atomic E-state index is 11.4. The minimum absolute atomic E-state index is 0.513. The fourth-order valence-electron chi connectivity index (χ4n) is 5.65. The van der Waals surface area contributed by atoms with Crippen molar-refractivity contribution in [2.45, 2.75) is 83.7 Å². The van der Waals surface area contributed by atoms with Crippen LogP contribution in [0, 0.1) is 16.7 Å². The molecule has 248 valence electrons. The number of nitrogens with one attached hydrogen (secondary N) is 1. The highest BCUT2D eigenvalue weighted by molar-refractivity contribution is 5.74. The topological polar surface area (TPSA) is 127 Å². The van der Waals surface area contributed by atoms with Crippen LogP contribution in [0.2, 0.25) is 0 Å². The van der Waals surface area contributed by atoms with Gasteiger partial charge >= 0.3 is 30.3 Å². The van der Waals surface area contributed by atoms with Gasteiger partial charge in [-0.25, -0.2) is 9.59 Å². The molecule has 14 heteroatoms. The molecule has 1 aromatic rings. The van der Waals surface area contributed by atoms with Gasteiger partial charge in [0, 0.05) is 18.6 Å². The van der Waals surface area contributed by atoms with Gasteiger partial charge in [-0.05, 0) is 82.4 Å². The molecule has 44 heavy (non-hydrogen) atoms. The van der Waals surface area contributed by atoms with Crippen molar-refractivity contribution in [3.63, 3.8) is 0 Å². The van der Waals surface area contributed by atoms with Crippen LogP contribution in [0.3, 0.4) is 0 Å². The van der Waals surface area contributed by atoms with E-state index < -0.39 is 35.7 Å². The van der Waals surface area contributed by atoms with E-state index in [0.29, 0.717) is 30.0 Å². The Morgan fingerprint density at radius 3 is 1.80 bits per heavy atom. The Morgan fingerprint density at radius 2 is 1.39 bits per heavy atom. The molecule has 2 atom stereocenters. The molecule has 4 rings (SSSR count). The molecule has 0 bridgehead atoms. The maximum Gasteiger partial charge on any atom is 0.490 e. The summed E-state index contributed by atoms with van der Waals surface area (Å²) in [6.07, 6.45) is -0.301. The van der Waals surface area contributed by atoms with Crippen LogP contribution >= 0.6 is 0 Å². The number of benzene rings is 1. The van der Waals surface area contributed by atoms with E-state index in [1.165, 1.54) is 37.7 Å². The first kappa shape index (κ1) is 37.1. The lowest BCUT2D eigenvalue weighted by Crippen LogP contribution is -2.55. The van der Waals surface area contributed by atoms with E-state index in [0.717, 1.165) is 19.5 Å². The predicted octanol–water partition coefficient (Wildman–Crippen LogP) is 6.08. The van der Waals surface area contributed by atoms with Gasteiger partial charge < -0.3 is 25.5 Å². The molecule has 1 aromatic carbocycles. The Balaban J connectivity index is 0.000000402. The van der Waals surface area contributed by atoms with Crippen molar-refractivity contribution in [2.24, 2.45) is 16.7 Å². The van der Waals surface area contributed by atoms with Crippen LogP contribution < -0.4 is 5.32 Å². The number of carboxylic acids is 3. The fraction of sp³-hybridized carbons (Fsp3) is 0.633. The lowest BCUT2D eigenvalue weighted by molar-refractivity contribution is -0.193. The first-order valence-corrected chi connectivity index (χ1v) is 14.3. The average Bonchev–Trinajstić information content (AvgIpc) is 3.66. The monoisotopic (exact) mass is 638 g/mol. The number of alkyl halides is 6. The number of halogens is 6. The molecule has 0 unspecified atom stereocenters. The van der Waals surface area contributed by atoms with Crippen molar-refractivity contribution in [2.75, 3.05) is 19.6 Å². The normalized spacial score (nSPS) is 22.1. The molecule has 1 saturated heterocycles. The van der Waals surface area contributed by atoms with E-state index in [2.05, 4.69) is 53.5 Å². The van der Waals surface area contributed by atoms with Crippen LogP contribution in [0.1, 0.15) is 64.9 Å². The van der Waals surface area contributed by atoms with Gasteiger partial charge in [0.1, 0.15) is 0 Å². The Morgan fingerprint density at radius 1 is 0.909 bits per heavy atom. The molecule has 3 fully saturated rings. The van der Waals surface area contributed by atoms with Crippen molar-refractivity contribution in [3.8, 4) is 0 Å². The zero-order valence-electron chi connectivity index (χ0n) is 24.8. The van der Waals surface area contributed by atoms with Gasteiger partial charge in [-0.3, -0.25) is 4.79 Å². The summed E-state index contributed by atoms with van der Waals surface area (Å²) in [5.41, 5.74) is 2.77. The minimum atomic E-state index is -5.08. The van der Waals surface area contributed by atoms with Crippen molar-refractivity contribution < 1.29 is 56.0 Å². The highest BCUT2D eigenvalue weighted by atomic mass is 19.4. The van der Waals surface area contributed by atoms with Gasteiger partial charge in [0.05, 0.1) is 5.41 Å². The average molecular weight is 639 g/mol. The van der Waals surface area contributed by atoms with Crippen molar-refractivity contribution >= 4 is 24.0 Å². The molecule has 1 heterocycles. The highest BCUT2D eigenvalue weighted by Gasteiger charge is 2.49. The molecule has 2 aliphatic carbocycles. The van der Waals surface area contributed by atoms with Gasteiger partial charge in [0.15, 0.2) is 0 Å². The Hall–Kier alpha value is -3.13. The van der Waals surface area contributed by atoms with Crippen LogP contribution in [0.5, 0.6) is 0 Å². The lowest BCUT2D eigenvalue weighted by Gasteiger charge is -2.53. The molecular weight excluding hydrogens is 598 g/mol. The molecule has 8 nitrogen and oxygen atoms in total. The highest BCUT2D eigenvalue weighted by Crippen LogP contribution is 2.51. The van der Waals surface area contributed by atoms with E-state index in [1.807, 2.05) is 13.8 Å². The second-order valence-corrected chi connectivity index (χ2v) is 12.3. The van der Waals surface area contributed by atoms with Gasteiger partial charge in [-0.15, -0.1) is 0 Å². The quantitative estimate of drug-likeness (QED) is 0.253. The molecule has 1 spiro atoms. The summed E-state index contributed by atoms with van der Waals surface area (Å²) in [6, 6.07) is 12.0. The van der Waals surface area contributed by atoms with Crippen molar-refractivity contribution in [3.05, 3.63) is 41.5 Å². The number of carboxylic acid groups (broad SMARTS) is 3. The van der Waals surface area contributed by atoms with E-state index in [-0.39, 0.29) is 0 Å². The van der Waals surface area contributed by atoms with Gasteiger partial charge in [0.2, 0.25) is 0 Å². The first-order chi connectivity index (χ1) is 20.2. The molecule has 4 N–H and O–H groups in total. The van der Waals surface area contributed by atoms with E-state index in [9.17, 15) is 36.2 Å².